The zero-order valence-corrected chi connectivity index (χ0v) is 21.7. The molecule has 1 aliphatic rings. The summed E-state index contributed by atoms with van der Waals surface area (Å²) in [6, 6.07) is 10.4. The number of carbonyl (C=O) groups is 2. The van der Waals surface area contributed by atoms with Gasteiger partial charge < -0.3 is 10.2 Å². The lowest BCUT2D eigenvalue weighted by atomic mass is 9.87. The van der Waals surface area contributed by atoms with Gasteiger partial charge in [0, 0.05) is 29.7 Å². The van der Waals surface area contributed by atoms with Crippen LogP contribution in [0.5, 0.6) is 0 Å². The summed E-state index contributed by atoms with van der Waals surface area (Å²) >= 11 is 1.11. The molecule has 4 rings (SSSR count). The van der Waals surface area contributed by atoms with Gasteiger partial charge >= 0.3 is 0 Å². The number of aromatic nitrogens is 2. The summed E-state index contributed by atoms with van der Waals surface area (Å²) in [7, 11) is 0. The van der Waals surface area contributed by atoms with Crippen molar-refractivity contribution in [2.24, 2.45) is 0 Å². The fourth-order valence-corrected chi connectivity index (χ4v) is 5.22. The molecule has 1 fully saturated rings. The van der Waals surface area contributed by atoms with Crippen molar-refractivity contribution in [2.75, 3.05) is 4.90 Å². The van der Waals surface area contributed by atoms with Crippen LogP contribution in [0.25, 0.3) is 4.85 Å². The van der Waals surface area contributed by atoms with Gasteiger partial charge in [0.05, 0.1) is 0 Å². The Balaban J connectivity index is 1.82. The first-order valence-electron chi connectivity index (χ1n) is 12.2. The molecule has 0 radical (unpaired) electrons. The van der Waals surface area contributed by atoms with Crippen molar-refractivity contribution in [1.82, 2.24) is 15.3 Å². The number of pyridine rings is 1. The number of amides is 2. The average molecular weight is 502 g/mol. The molecule has 2 heterocycles. The first-order chi connectivity index (χ1) is 17.3. The number of carbonyl (C=O) groups excluding carboxylic acids is 2. The molecule has 186 valence electrons. The van der Waals surface area contributed by atoms with Gasteiger partial charge in [-0.3, -0.25) is 19.5 Å². The minimum Gasteiger partial charge on any atom is -0.359 e. The van der Waals surface area contributed by atoms with Crippen molar-refractivity contribution in [1.29, 1.82) is 0 Å². The molecule has 8 heteroatoms. The van der Waals surface area contributed by atoms with Gasteiger partial charge in [-0.2, -0.15) is 0 Å². The van der Waals surface area contributed by atoms with Crippen LogP contribution in [0.15, 0.2) is 54.3 Å². The van der Waals surface area contributed by atoms with E-state index >= 15 is 0 Å². The molecule has 0 aliphatic heterocycles. The standard InChI is InChI=1S/C28H31N5O2S/c1-28(2,3)20-12-14-22(15-13-20)33(27(35)24-25(29-4)31-18-36-24)23(19-9-8-16-30-17-19)26(34)32-21-10-6-5-7-11-21/h8-9,12-18,21,23H,5-7,10-11H2,1-3H3,(H,32,34). The SMILES string of the molecule is [C-]#[N+]c1ncsc1C(=O)N(c1ccc(C(C)(C)C)cc1)C(C(=O)NC1CCCCC1)c1cccnc1. The molecule has 1 unspecified atom stereocenters. The fraction of sp³-hybridized carbons (Fsp3) is 0.393. The van der Waals surface area contributed by atoms with Crippen LogP contribution in [0.3, 0.4) is 0 Å². The lowest BCUT2D eigenvalue weighted by molar-refractivity contribution is -0.123. The molecule has 0 saturated heterocycles. The Bertz CT molecular complexity index is 1240. The molecule has 1 saturated carbocycles. The van der Waals surface area contributed by atoms with E-state index < -0.39 is 11.9 Å². The lowest BCUT2D eigenvalue weighted by Crippen LogP contribution is -2.47. The summed E-state index contributed by atoms with van der Waals surface area (Å²) in [5.74, 6) is -0.643. The van der Waals surface area contributed by atoms with Crippen LogP contribution < -0.4 is 10.2 Å². The highest BCUT2D eigenvalue weighted by molar-refractivity contribution is 7.12. The van der Waals surface area contributed by atoms with E-state index in [2.05, 4.69) is 40.9 Å². The number of anilines is 1. The average Bonchev–Trinajstić information content (AvgIpc) is 3.36. The number of thiazole rings is 1. The Hall–Kier alpha value is -3.57. The van der Waals surface area contributed by atoms with E-state index in [9.17, 15) is 9.59 Å². The van der Waals surface area contributed by atoms with E-state index in [1.54, 1.807) is 18.5 Å². The Morgan fingerprint density at radius 1 is 1.14 bits per heavy atom. The Kier molecular flexibility index (Phi) is 7.80. The van der Waals surface area contributed by atoms with Gasteiger partial charge in [0.15, 0.2) is 5.51 Å². The van der Waals surface area contributed by atoms with Gasteiger partial charge in [-0.1, -0.05) is 64.8 Å². The molecule has 2 amide bonds. The number of benzene rings is 1. The molecule has 1 aliphatic carbocycles. The maximum Gasteiger partial charge on any atom is 0.293 e. The number of hydrogen-bond acceptors (Lipinski definition) is 5. The van der Waals surface area contributed by atoms with Gasteiger partial charge in [0.25, 0.3) is 11.7 Å². The zero-order chi connectivity index (χ0) is 25.7. The molecule has 7 nitrogen and oxygen atoms in total. The third-order valence-electron chi connectivity index (χ3n) is 6.54. The molecule has 0 bridgehead atoms. The summed E-state index contributed by atoms with van der Waals surface area (Å²) in [4.78, 5) is 41.3. The van der Waals surface area contributed by atoms with Crippen molar-refractivity contribution in [3.8, 4) is 0 Å². The molecule has 3 aromatic rings. The second-order valence-electron chi connectivity index (χ2n) is 10.1. The van der Waals surface area contributed by atoms with Crippen LogP contribution in [0.1, 0.15) is 79.7 Å². The van der Waals surface area contributed by atoms with Gasteiger partial charge in [-0.15, -0.1) is 16.3 Å². The maximum absolute atomic E-state index is 14.0. The molecule has 1 aromatic carbocycles. The predicted octanol–water partition coefficient (Wildman–Crippen LogP) is 6.22. The molecule has 0 spiro atoms. The Morgan fingerprint density at radius 2 is 1.86 bits per heavy atom. The summed E-state index contributed by atoms with van der Waals surface area (Å²) < 4.78 is 0. The molecule has 36 heavy (non-hydrogen) atoms. The summed E-state index contributed by atoms with van der Waals surface area (Å²) in [5, 5.41) is 3.20. The second-order valence-corrected chi connectivity index (χ2v) is 11.0. The van der Waals surface area contributed by atoms with E-state index in [1.807, 2.05) is 30.3 Å². The first kappa shape index (κ1) is 25.5. The van der Waals surface area contributed by atoms with E-state index in [0.717, 1.165) is 42.6 Å². The van der Waals surface area contributed by atoms with Crippen molar-refractivity contribution in [2.45, 2.75) is 70.4 Å². The topological polar surface area (TPSA) is 79.5 Å². The van der Waals surface area contributed by atoms with Crippen LogP contribution in [-0.4, -0.2) is 27.8 Å². The Labute approximate surface area is 216 Å². The van der Waals surface area contributed by atoms with Crippen molar-refractivity contribution < 1.29 is 9.59 Å². The summed E-state index contributed by atoms with van der Waals surface area (Å²) in [6.07, 6.45) is 8.45. The fourth-order valence-electron chi connectivity index (χ4n) is 4.56. The normalized spacial score (nSPS) is 15.1. The first-order valence-corrected chi connectivity index (χ1v) is 13.1. The van der Waals surface area contributed by atoms with E-state index in [1.165, 1.54) is 16.8 Å². The van der Waals surface area contributed by atoms with Crippen molar-refractivity contribution in [3.63, 3.8) is 0 Å². The molecule has 1 N–H and O–H groups in total. The number of nitrogens with one attached hydrogen (secondary N) is 1. The molecular weight excluding hydrogens is 470 g/mol. The predicted molar refractivity (Wildman–Crippen MR) is 142 cm³/mol. The van der Waals surface area contributed by atoms with Crippen LogP contribution in [0, 0.1) is 6.57 Å². The van der Waals surface area contributed by atoms with Gasteiger partial charge in [0.2, 0.25) is 5.91 Å². The third kappa shape index (κ3) is 5.63. The number of hydrogen-bond donors (Lipinski definition) is 1. The quantitative estimate of drug-likeness (QED) is 0.407. The van der Waals surface area contributed by atoms with E-state index in [4.69, 9.17) is 6.57 Å². The largest absolute Gasteiger partial charge is 0.359 e. The van der Waals surface area contributed by atoms with Gasteiger partial charge in [-0.05, 0) is 42.0 Å². The van der Waals surface area contributed by atoms with Crippen molar-refractivity contribution in [3.05, 3.63) is 81.7 Å². The monoisotopic (exact) mass is 501 g/mol. The minimum atomic E-state index is -0.950. The van der Waals surface area contributed by atoms with Crippen LogP contribution in [0.2, 0.25) is 0 Å². The highest BCUT2D eigenvalue weighted by atomic mass is 32.1. The third-order valence-corrected chi connectivity index (χ3v) is 7.34. The molecular formula is C28H31N5O2S. The Morgan fingerprint density at radius 3 is 2.47 bits per heavy atom. The summed E-state index contributed by atoms with van der Waals surface area (Å²) in [5.41, 5.74) is 3.72. The van der Waals surface area contributed by atoms with E-state index in [0.29, 0.717) is 11.3 Å². The van der Waals surface area contributed by atoms with Crippen LogP contribution in [-0.2, 0) is 10.2 Å². The van der Waals surface area contributed by atoms with Crippen LogP contribution in [0.4, 0.5) is 11.5 Å². The summed E-state index contributed by atoms with van der Waals surface area (Å²) in [6.45, 7) is 13.8. The van der Waals surface area contributed by atoms with Crippen LogP contribution >= 0.6 is 11.3 Å². The van der Waals surface area contributed by atoms with E-state index in [-0.39, 0.29) is 28.1 Å². The smallest absolute Gasteiger partial charge is 0.293 e. The zero-order valence-electron chi connectivity index (χ0n) is 20.9. The highest BCUT2D eigenvalue weighted by Crippen LogP contribution is 2.35. The van der Waals surface area contributed by atoms with Gasteiger partial charge in [0.1, 0.15) is 10.9 Å². The maximum atomic E-state index is 14.0. The van der Waals surface area contributed by atoms with Gasteiger partial charge in [-0.25, -0.2) is 0 Å². The minimum absolute atomic E-state index is 0.0407. The molecule has 1 atom stereocenters. The second kappa shape index (κ2) is 11.0. The highest BCUT2D eigenvalue weighted by Gasteiger charge is 2.36. The number of nitrogens with zero attached hydrogens (tertiary/aromatic N) is 4. The number of rotatable bonds is 6. The lowest BCUT2D eigenvalue weighted by Gasteiger charge is -2.33. The van der Waals surface area contributed by atoms with Crippen molar-refractivity contribution >= 4 is 34.7 Å². The molecule has 2 aromatic heterocycles.